The van der Waals surface area contributed by atoms with E-state index in [1.807, 2.05) is 0 Å². The number of aromatic amines is 1. The summed E-state index contributed by atoms with van der Waals surface area (Å²) in [6, 6.07) is 39.0. The fourth-order valence-corrected chi connectivity index (χ4v) is 4.42. The molecule has 0 amide bonds. The minimum Gasteiger partial charge on any atom is -0.354 e. The highest BCUT2D eigenvalue weighted by molar-refractivity contribution is 6.15. The van der Waals surface area contributed by atoms with E-state index in [1.165, 1.54) is 54.8 Å². The molecule has 136 valence electrons. The summed E-state index contributed by atoms with van der Waals surface area (Å²) in [6.45, 7) is 0. The Kier molecular flexibility index (Phi) is 3.54. The van der Waals surface area contributed by atoms with Crippen LogP contribution in [0.5, 0.6) is 0 Å². The molecule has 0 aliphatic heterocycles. The van der Waals surface area contributed by atoms with Gasteiger partial charge in [0.15, 0.2) is 0 Å². The summed E-state index contributed by atoms with van der Waals surface area (Å²) < 4.78 is 0. The van der Waals surface area contributed by atoms with E-state index in [1.54, 1.807) is 0 Å². The number of nitrogens with one attached hydrogen (secondary N) is 1. The van der Waals surface area contributed by atoms with Crippen molar-refractivity contribution in [3.8, 4) is 22.4 Å². The smallest absolute Gasteiger partial charge is 0.0544 e. The van der Waals surface area contributed by atoms with Gasteiger partial charge in [0.05, 0.1) is 5.69 Å². The van der Waals surface area contributed by atoms with Crippen LogP contribution in [0.3, 0.4) is 0 Å². The van der Waals surface area contributed by atoms with E-state index in [-0.39, 0.29) is 0 Å². The first-order valence-electron chi connectivity index (χ1n) is 9.96. The standard InChI is InChI=1S/C28H19N/c1-3-10-20(11-4-1)27-25-18-24-22(16-15-19-9-7-8-14-23(19)24)17-26(25)29-28(27)21-12-5-2-6-13-21/h1-18,29H. The number of hydrogen-bond donors (Lipinski definition) is 1. The molecule has 0 saturated carbocycles. The molecule has 0 aliphatic carbocycles. The van der Waals surface area contributed by atoms with Crippen LogP contribution in [0.15, 0.2) is 109 Å². The fourth-order valence-electron chi connectivity index (χ4n) is 4.42. The summed E-state index contributed by atoms with van der Waals surface area (Å²) in [5.74, 6) is 0. The average Bonchev–Trinajstić information content (AvgIpc) is 3.17. The highest BCUT2D eigenvalue weighted by Gasteiger charge is 2.16. The summed E-state index contributed by atoms with van der Waals surface area (Å²) in [5, 5.41) is 6.40. The van der Waals surface area contributed by atoms with Crippen LogP contribution in [0.1, 0.15) is 0 Å². The molecular formula is C28H19N. The third kappa shape index (κ3) is 2.55. The molecule has 5 aromatic carbocycles. The maximum atomic E-state index is 3.72. The van der Waals surface area contributed by atoms with E-state index >= 15 is 0 Å². The van der Waals surface area contributed by atoms with Gasteiger partial charge in [-0.1, -0.05) is 97.1 Å². The summed E-state index contributed by atoms with van der Waals surface area (Å²) in [6.07, 6.45) is 0. The van der Waals surface area contributed by atoms with Gasteiger partial charge in [0, 0.05) is 16.5 Å². The Morgan fingerprint density at radius 3 is 1.90 bits per heavy atom. The SMILES string of the molecule is c1ccc(-c2[nH]c3cc4ccc5ccccc5c4cc3c2-c2ccccc2)cc1. The Balaban J connectivity index is 1.76. The third-order valence-electron chi connectivity index (χ3n) is 5.79. The van der Waals surface area contributed by atoms with Gasteiger partial charge in [-0.2, -0.15) is 0 Å². The Morgan fingerprint density at radius 2 is 1.10 bits per heavy atom. The molecule has 1 aromatic heterocycles. The third-order valence-corrected chi connectivity index (χ3v) is 5.79. The van der Waals surface area contributed by atoms with E-state index in [0.717, 1.165) is 0 Å². The molecule has 0 spiro atoms. The van der Waals surface area contributed by atoms with Crippen molar-refractivity contribution < 1.29 is 0 Å². The van der Waals surface area contributed by atoms with Crippen molar-refractivity contribution in [3.63, 3.8) is 0 Å². The fraction of sp³-hybridized carbons (Fsp3) is 0. The molecule has 1 nitrogen and oxygen atoms in total. The largest absolute Gasteiger partial charge is 0.354 e. The quantitative estimate of drug-likeness (QED) is 0.300. The lowest BCUT2D eigenvalue weighted by atomic mass is 9.95. The van der Waals surface area contributed by atoms with Gasteiger partial charge in [0.1, 0.15) is 0 Å². The molecule has 1 heterocycles. The minimum absolute atomic E-state index is 1.17. The number of hydrogen-bond acceptors (Lipinski definition) is 0. The van der Waals surface area contributed by atoms with Crippen molar-refractivity contribution in [3.05, 3.63) is 109 Å². The van der Waals surface area contributed by atoms with Crippen LogP contribution < -0.4 is 0 Å². The Hall–Kier alpha value is -3.84. The first-order chi connectivity index (χ1) is 14.4. The molecule has 29 heavy (non-hydrogen) atoms. The van der Waals surface area contributed by atoms with Gasteiger partial charge in [-0.15, -0.1) is 0 Å². The molecule has 0 radical (unpaired) electrons. The van der Waals surface area contributed by atoms with Gasteiger partial charge in [-0.05, 0) is 44.8 Å². The van der Waals surface area contributed by atoms with Crippen LogP contribution in [-0.4, -0.2) is 4.98 Å². The van der Waals surface area contributed by atoms with Crippen LogP contribution in [0.4, 0.5) is 0 Å². The Morgan fingerprint density at radius 1 is 0.448 bits per heavy atom. The number of fused-ring (bicyclic) bond motifs is 4. The van der Waals surface area contributed by atoms with E-state index < -0.39 is 0 Å². The van der Waals surface area contributed by atoms with Gasteiger partial charge in [-0.3, -0.25) is 0 Å². The molecule has 0 saturated heterocycles. The highest BCUT2D eigenvalue weighted by atomic mass is 14.7. The molecule has 0 fully saturated rings. The van der Waals surface area contributed by atoms with Crippen LogP contribution in [-0.2, 0) is 0 Å². The van der Waals surface area contributed by atoms with Gasteiger partial charge in [-0.25, -0.2) is 0 Å². The molecule has 6 rings (SSSR count). The van der Waals surface area contributed by atoms with Crippen molar-refractivity contribution in [2.75, 3.05) is 0 Å². The lowest BCUT2D eigenvalue weighted by Gasteiger charge is -2.07. The van der Waals surface area contributed by atoms with E-state index in [9.17, 15) is 0 Å². The summed E-state index contributed by atoms with van der Waals surface area (Å²) in [4.78, 5) is 3.72. The topological polar surface area (TPSA) is 15.8 Å². The maximum Gasteiger partial charge on any atom is 0.0544 e. The highest BCUT2D eigenvalue weighted by Crippen LogP contribution is 2.40. The van der Waals surface area contributed by atoms with Crippen LogP contribution in [0.25, 0.3) is 54.8 Å². The Labute approximate surface area is 169 Å². The van der Waals surface area contributed by atoms with Gasteiger partial charge < -0.3 is 4.98 Å². The summed E-state index contributed by atoms with van der Waals surface area (Å²) in [7, 11) is 0. The first-order valence-corrected chi connectivity index (χ1v) is 9.96. The number of benzene rings is 5. The Bertz CT molecular complexity index is 1480. The monoisotopic (exact) mass is 369 g/mol. The number of H-pyrrole nitrogens is 1. The van der Waals surface area contributed by atoms with Gasteiger partial charge in [0.25, 0.3) is 0 Å². The lowest BCUT2D eigenvalue weighted by Crippen LogP contribution is -1.82. The second-order valence-electron chi connectivity index (χ2n) is 7.51. The van der Waals surface area contributed by atoms with Crippen molar-refractivity contribution in [1.29, 1.82) is 0 Å². The van der Waals surface area contributed by atoms with Crippen molar-refractivity contribution in [1.82, 2.24) is 4.98 Å². The van der Waals surface area contributed by atoms with Crippen molar-refractivity contribution in [2.24, 2.45) is 0 Å². The van der Waals surface area contributed by atoms with Crippen molar-refractivity contribution >= 4 is 32.4 Å². The maximum absolute atomic E-state index is 3.72. The molecular weight excluding hydrogens is 350 g/mol. The summed E-state index contributed by atoms with van der Waals surface area (Å²) in [5.41, 5.74) is 6.05. The second-order valence-corrected chi connectivity index (χ2v) is 7.51. The second kappa shape index (κ2) is 6.35. The normalized spacial score (nSPS) is 11.4. The van der Waals surface area contributed by atoms with E-state index in [2.05, 4.69) is 114 Å². The first kappa shape index (κ1) is 16.1. The van der Waals surface area contributed by atoms with Gasteiger partial charge >= 0.3 is 0 Å². The molecule has 6 aromatic rings. The predicted molar refractivity (Wildman–Crippen MR) is 124 cm³/mol. The molecule has 1 heteroatoms. The minimum atomic E-state index is 1.17. The zero-order valence-electron chi connectivity index (χ0n) is 15.9. The van der Waals surface area contributed by atoms with Crippen molar-refractivity contribution in [2.45, 2.75) is 0 Å². The number of rotatable bonds is 2. The van der Waals surface area contributed by atoms with E-state index in [0.29, 0.717) is 0 Å². The molecule has 0 atom stereocenters. The zero-order chi connectivity index (χ0) is 19.2. The van der Waals surface area contributed by atoms with Crippen LogP contribution in [0.2, 0.25) is 0 Å². The average molecular weight is 369 g/mol. The van der Waals surface area contributed by atoms with Crippen LogP contribution >= 0.6 is 0 Å². The van der Waals surface area contributed by atoms with E-state index in [4.69, 9.17) is 0 Å². The molecule has 0 bridgehead atoms. The van der Waals surface area contributed by atoms with Gasteiger partial charge in [0.2, 0.25) is 0 Å². The molecule has 0 unspecified atom stereocenters. The number of aromatic nitrogens is 1. The lowest BCUT2D eigenvalue weighted by molar-refractivity contribution is 1.45. The molecule has 0 aliphatic rings. The zero-order valence-corrected chi connectivity index (χ0v) is 15.9. The predicted octanol–water partition coefficient (Wildman–Crippen LogP) is 7.81. The summed E-state index contributed by atoms with van der Waals surface area (Å²) >= 11 is 0. The van der Waals surface area contributed by atoms with Crippen LogP contribution in [0, 0.1) is 0 Å². The molecule has 1 N–H and O–H groups in total.